The van der Waals surface area contributed by atoms with Crippen molar-refractivity contribution in [2.24, 2.45) is 0 Å². The van der Waals surface area contributed by atoms with Crippen molar-refractivity contribution in [1.82, 2.24) is 4.57 Å². The van der Waals surface area contributed by atoms with Gasteiger partial charge in [0.05, 0.1) is 21.3 Å². The summed E-state index contributed by atoms with van der Waals surface area (Å²) in [6.07, 6.45) is 3.42. The molecule has 134 valence electrons. The molecule has 3 aromatic rings. The number of phenols is 1. The largest absolute Gasteiger partial charge is 0.508 e. The van der Waals surface area contributed by atoms with Crippen LogP contribution in [-0.4, -0.2) is 36.9 Å². The van der Waals surface area contributed by atoms with Gasteiger partial charge in [-0.25, -0.2) is 0 Å². The van der Waals surface area contributed by atoms with E-state index in [1.54, 1.807) is 48.8 Å². The van der Waals surface area contributed by atoms with E-state index in [9.17, 15) is 9.90 Å². The second-order valence-corrected chi connectivity index (χ2v) is 5.57. The van der Waals surface area contributed by atoms with Gasteiger partial charge in [-0.2, -0.15) is 0 Å². The van der Waals surface area contributed by atoms with Crippen molar-refractivity contribution in [2.45, 2.75) is 0 Å². The van der Waals surface area contributed by atoms with Gasteiger partial charge in [-0.05, 0) is 41.5 Å². The lowest BCUT2D eigenvalue weighted by molar-refractivity contribution is 0.0959. The molecule has 2 aromatic carbocycles. The summed E-state index contributed by atoms with van der Waals surface area (Å²) < 4.78 is 17.4. The molecule has 0 spiro atoms. The van der Waals surface area contributed by atoms with Gasteiger partial charge < -0.3 is 19.3 Å². The predicted molar refractivity (Wildman–Crippen MR) is 97.4 cm³/mol. The smallest absolute Gasteiger partial charge is 0.262 e. The normalized spacial score (nSPS) is 10.4. The van der Waals surface area contributed by atoms with Gasteiger partial charge in [-0.15, -0.1) is 0 Å². The van der Waals surface area contributed by atoms with Gasteiger partial charge in [0.2, 0.25) is 5.75 Å². The fourth-order valence-corrected chi connectivity index (χ4v) is 2.70. The second-order valence-electron chi connectivity index (χ2n) is 5.57. The Morgan fingerprint density at radius 2 is 1.50 bits per heavy atom. The second kappa shape index (κ2) is 7.23. The maximum absolute atomic E-state index is 12.9. The molecule has 26 heavy (non-hydrogen) atoms. The summed E-state index contributed by atoms with van der Waals surface area (Å²) in [5.41, 5.74) is 2.18. The third-order valence-corrected chi connectivity index (χ3v) is 4.04. The zero-order valence-electron chi connectivity index (χ0n) is 14.7. The van der Waals surface area contributed by atoms with Gasteiger partial charge in [-0.1, -0.05) is 12.1 Å². The fourth-order valence-electron chi connectivity index (χ4n) is 2.70. The van der Waals surface area contributed by atoms with Crippen molar-refractivity contribution in [3.63, 3.8) is 0 Å². The maximum Gasteiger partial charge on any atom is 0.262 e. The van der Waals surface area contributed by atoms with Crippen LogP contribution < -0.4 is 14.2 Å². The van der Waals surface area contributed by atoms with E-state index in [-0.39, 0.29) is 11.7 Å². The minimum absolute atomic E-state index is 0.196. The van der Waals surface area contributed by atoms with Gasteiger partial charge in [0.15, 0.2) is 11.5 Å². The first-order valence-corrected chi connectivity index (χ1v) is 7.89. The third kappa shape index (κ3) is 3.21. The number of phenolic OH excluding ortho intramolecular Hbond substituents is 1. The number of benzene rings is 2. The first-order valence-electron chi connectivity index (χ1n) is 7.89. The molecule has 0 fully saturated rings. The van der Waals surface area contributed by atoms with Crippen molar-refractivity contribution < 1.29 is 24.1 Å². The van der Waals surface area contributed by atoms with Gasteiger partial charge in [0.25, 0.3) is 5.91 Å². The van der Waals surface area contributed by atoms with Crippen LogP contribution in [0.4, 0.5) is 0 Å². The molecule has 1 aromatic heterocycles. The van der Waals surface area contributed by atoms with Crippen molar-refractivity contribution in [3.8, 4) is 34.1 Å². The molecule has 0 bridgehead atoms. The molecule has 0 amide bonds. The number of rotatable bonds is 5. The van der Waals surface area contributed by atoms with E-state index < -0.39 is 0 Å². The molecule has 0 saturated carbocycles. The van der Waals surface area contributed by atoms with E-state index in [0.29, 0.717) is 22.8 Å². The van der Waals surface area contributed by atoms with E-state index >= 15 is 0 Å². The molecule has 6 nitrogen and oxygen atoms in total. The number of hydrogen-bond donors (Lipinski definition) is 1. The minimum atomic E-state index is -0.228. The Balaban J connectivity index is 1.96. The molecule has 1 heterocycles. The number of hydrogen-bond acceptors (Lipinski definition) is 5. The minimum Gasteiger partial charge on any atom is -0.508 e. The Bertz CT molecular complexity index is 903. The fraction of sp³-hybridized carbons (Fsp3) is 0.150. The van der Waals surface area contributed by atoms with Crippen LogP contribution in [0.15, 0.2) is 54.9 Å². The Morgan fingerprint density at radius 1 is 0.885 bits per heavy atom. The van der Waals surface area contributed by atoms with Gasteiger partial charge in [0, 0.05) is 18.0 Å². The van der Waals surface area contributed by atoms with Crippen LogP contribution in [0, 0.1) is 0 Å². The SMILES string of the molecule is COc1cc(C(=O)n2ccc(-c3ccc(O)cc3)c2)cc(OC)c1OC. The molecular formula is C20H19NO5. The van der Waals surface area contributed by atoms with Crippen molar-refractivity contribution in [3.05, 3.63) is 60.4 Å². The summed E-state index contributed by atoms with van der Waals surface area (Å²) >= 11 is 0. The monoisotopic (exact) mass is 353 g/mol. The van der Waals surface area contributed by atoms with E-state index in [4.69, 9.17) is 14.2 Å². The highest BCUT2D eigenvalue weighted by Crippen LogP contribution is 2.38. The standard InChI is InChI=1S/C20H19NO5/c1-24-17-10-15(11-18(25-2)19(17)26-3)20(23)21-9-8-14(12-21)13-4-6-16(22)7-5-13/h4-12,22H,1-3H3. The molecule has 0 atom stereocenters. The van der Waals surface area contributed by atoms with Crippen LogP contribution in [0.25, 0.3) is 11.1 Å². The summed E-state index contributed by atoms with van der Waals surface area (Å²) in [6, 6.07) is 11.9. The number of aromatic hydroxyl groups is 1. The third-order valence-electron chi connectivity index (χ3n) is 4.04. The number of aromatic nitrogens is 1. The summed E-state index contributed by atoms with van der Waals surface area (Å²) in [7, 11) is 4.52. The number of carbonyl (C=O) groups is 1. The maximum atomic E-state index is 12.9. The topological polar surface area (TPSA) is 69.9 Å². The molecule has 0 saturated heterocycles. The van der Waals surface area contributed by atoms with Crippen LogP contribution in [0.2, 0.25) is 0 Å². The van der Waals surface area contributed by atoms with Crippen molar-refractivity contribution in [2.75, 3.05) is 21.3 Å². The van der Waals surface area contributed by atoms with Crippen LogP contribution in [0.1, 0.15) is 10.4 Å². The van der Waals surface area contributed by atoms with Gasteiger partial charge >= 0.3 is 0 Å². The number of ether oxygens (including phenoxy) is 3. The highest BCUT2D eigenvalue weighted by Gasteiger charge is 2.18. The number of carbonyl (C=O) groups excluding carboxylic acids is 1. The highest BCUT2D eigenvalue weighted by molar-refractivity contribution is 5.97. The average Bonchev–Trinajstić information content (AvgIpc) is 3.16. The first-order chi connectivity index (χ1) is 12.6. The van der Waals surface area contributed by atoms with E-state index in [0.717, 1.165) is 11.1 Å². The molecular weight excluding hydrogens is 334 g/mol. The lowest BCUT2D eigenvalue weighted by Crippen LogP contribution is -2.10. The quantitative estimate of drug-likeness (QED) is 0.759. The highest BCUT2D eigenvalue weighted by atomic mass is 16.5. The molecule has 3 rings (SSSR count). The van der Waals surface area contributed by atoms with Crippen LogP contribution in [-0.2, 0) is 0 Å². The van der Waals surface area contributed by atoms with Crippen LogP contribution in [0.5, 0.6) is 23.0 Å². The van der Waals surface area contributed by atoms with E-state index in [1.807, 2.05) is 6.07 Å². The predicted octanol–water partition coefficient (Wildman–Crippen LogP) is 3.58. The van der Waals surface area contributed by atoms with Gasteiger partial charge in [-0.3, -0.25) is 9.36 Å². The average molecular weight is 353 g/mol. The zero-order chi connectivity index (χ0) is 18.7. The van der Waals surface area contributed by atoms with Crippen molar-refractivity contribution >= 4 is 5.91 Å². The lowest BCUT2D eigenvalue weighted by Gasteiger charge is -2.13. The van der Waals surface area contributed by atoms with Gasteiger partial charge in [0.1, 0.15) is 5.75 Å². The Labute approximate surface area is 151 Å². The molecule has 0 aliphatic carbocycles. The number of methoxy groups -OCH3 is 3. The Kier molecular flexibility index (Phi) is 4.84. The zero-order valence-corrected chi connectivity index (χ0v) is 14.7. The summed E-state index contributed by atoms with van der Waals surface area (Å²) in [6.45, 7) is 0. The molecule has 0 aliphatic rings. The molecule has 0 radical (unpaired) electrons. The van der Waals surface area contributed by atoms with Crippen LogP contribution in [0.3, 0.4) is 0 Å². The Morgan fingerprint density at radius 3 is 2.04 bits per heavy atom. The summed E-state index contributed by atoms with van der Waals surface area (Å²) in [4.78, 5) is 12.9. The molecule has 1 N–H and O–H groups in total. The van der Waals surface area contributed by atoms with Crippen molar-refractivity contribution in [1.29, 1.82) is 0 Å². The van der Waals surface area contributed by atoms with E-state index in [1.165, 1.54) is 25.9 Å². The molecule has 0 aliphatic heterocycles. The lowest BCUT2D eigenvalue weighted by atomic mass is 10.1. The number of nitrogens with zero attached hydrogens (tertiary/aromatic N) is 1. The summed E-state index contributed by atoms with van der Waals surface area (Å²) in [5, 5.41) is 9.39. The van der Waals surface area contributed by atoms with E-state index in [2.05, 4.69) is 0 Å². The summed E-state index contributed by atoms with van der Waals surface area (Å²) in [5.74, 6) is 1.24. The first kappa shape index (κ1) is 17.4. The van der Waals surface area contributed by atoms with Crippen LogP contribution >= 0.6 is 0 Å². The molecule has 6 heteroatoms. The Hall–Kier alpha value is -3.41. The molecule has 0 unspecified atom stereocenters.